The lowest BCUT2D eigenvalue weighted by molar-refractivity contribution is -0.0180. The number of pyridine rings is 1. The van der Waals surface area contributed by atoms with Crippen LogP contribution in [0.4, 0.5) is 0 Å². The van der Waals surface area contributed by atoms with Crippen LogP contribution in [0, 0.1) is 0 Å². The third-order valence-electron chi connectivity index (χ3n) is 3.12. The molecule has 120 valence electrons. The molecule has 0 radical (unpaired) electrons. The van der Waals surface area contributed by atoms with Crippen LogP contribution in [0.3, 0.4) is 0 Å². The number of carbonyl (C=O) groups excluding carboxylic acids is 1. The molecule has 2 aromatic rings. The molecule has 0 unspecified atom stereocenters. The van der Waals surface area contributed by atoms with E-state index >= 15 is 0 Å². The van der Waals surface area contributed by atoms with Crippen LogP contribution in [0.2, 0.25) is 15.2 Å². The number of rotatable bonds is 3. The lowest BCUT2D eigenvalue weighted by Gasteiger charge is -2.21. The van der Waals surface area contributed by atoms with Crippen molar-refractivity contribution in [1.29, 1.82) is 0 Å². The van der Waals surface area contributed by atoms with Gasteiger partial charge in [-0.15, -0.1) is 0 Å². The van der Waals surface area contributed by atoms with Crippen molar-refractivity contribution < 1.29 is 19.0 Å². The van der Waals surface area contributed by atoms with Gasteiger partial charge in [0, 0.05) is 16.1 Å². The number of fused-ring (bicyclic) bond motifs is 1. The summed E-state index contributed by atoms with van der Waals surface area (Å²) in [5, 5.41) is 0.821. The van der Waals surface area contributed by atoms with Crippen LogP contribution in [0.5, 0.6) is 5.75 Å². The molecule has 2 heterocycles. The number of nitrogens with zero attached hydrogens (tertiary/aromatic N) is 1. The van der Waals surface area contributed by atoms with Gasteiger partial charge >= 0.3 is 5.97 Å². The highest BCUT2D eigenvalue weighted by Crippen LogP contribution is 2.32. The Labute approximate surface area is 147 Å². The lowest BCUT2D eigenvalue weighted by Crippen LogP contribution is -2.15. The molecule has 0 fully saturated rings. The summed E-state index contributed by atoms with van der Waals surface area (Å²) in [7, 11) is 0. The second kappa shape index (κ2) is 6.93. The first kappa shape index (κ1) is 16.3. The Morgan fingerprint density at radius 3 is 2.91 bits per heavy atom. The highest BCUT2D eigenvalue weighted by molar-refractivity contribution is 6.34. The molecule has 3 rings (SSSR count). The summed E-state index contributed by atoms with van der Waals surface area (Å²) in [5.74, 6) is -0.0723. The molecule has 0 spiro atoms. The van der Waals surface area contributed by atoms with E-state index in [9.17, 15) is 4.79 Å². The van der Waals surface area contributed by atoms with E-state index in [0.29, 0.717) is 22.9 Å². The van der Waals surface area contributed by atoms with Gasteiger partial charge in [-0.25, -0.2) is 9.78 Å². The molecule has 0 atom stereocenters. The topological polar surface area (TPSA) is 57.7 Å². The second-order valence-electron chi connectivity index (χ2n) is 4.70. The van der Waals surface area contributed by atoms with Gasteiger partial charge in [0.2, 0.25) is 0 Å². The summed E-state index contributed by atoms with van der Waals surface area (Å²) in [5.41, 5.74) is 1.40. The number of carbonyl (C=O) groups is 1. The van der Waals surface area contributed by atoms with E-state index in [-0.39, 0.29) is 29.3 Å². The third kappa shape index (κ3) is 3.70. The molecular weight excluding hydrogens is 365 g/mol. The van der Waals surface area contributed by atoms with Gasteiger partial charge in [0.25, 0.3) is 0 Å². The first-order chi connectivity index (χ1) is 11.0. The zero-order valence-electron chi connectivity index (χ0n) is 11.6. The zero-order chi connectivity index (χ0) is 16.4. The Hall–Kier alpha value is -1.53. The maximum Gasteiger partial charge on any atom is 0.358 e. The van der Waals surface area contributed by atoms with Crippen molar-refractivity contribution in [1.82, 2.24) is 4.98 Å². The normalized spacial score (nSPS) is 13.2. The van der Waals surface area contributed by atoms with Crippen LogP contribution in [-0.2, 0) is 22.7 Å². The first-order valence-electron chi connectivity index (χ1n) is 6.55. The summed E-state index contributed by atoms with van der Waals surface area (Å²) in [6, 6.07) is 6.39. The number of halogens is 3. The Balaban J connectivity index is 1.79. The number of aromatic nitrogens is 1. The summed E-state index contributed by atoms with van der Waals surface area (Å²) < 4.78 is 15.9. The van der Waals surface area contributed by atoms with Crippen LogP contribution in [-0.4, -0.2) is 17.7 Å². The molecular formula is C15H10Cl3NO4. The minimum atomic E-state index is -0.682. The van der Waals surface area contributed by atoms with Gasteiger partial charge in [-0.1, -0.05) is 34.8 Å². The van der Waals surface area contributed by atoms with E-state index in [1.807, 2.05) is 0 Å². The number of hydrogen-bond donors (Lipinski definition) is 0. The Morgan fingerprint density at radius 2 is 2.09 bits per heavy atom. The fourth-order valence-electron chi connectivity index (χ4n) is 2.14. The first-order valence-corrected chi connectivity index (χ1v) is 7.69. The fraction of sp³-hybridized carbons (Fsp3) is 0.200. The van der Waals surface area contributed by atoms with Crippen LogP contribution in [0.25, 0.3) is 0 Å². The van der Waals surface area contributed by atoms with Crippen molar-refractivity contribution in [3.63, 3.8) is 0 Å². The monoisotopic (exact) mass is 373 g/mol. The van der Waals surface area contributed by atoms with Crippen molar-refractivity contribution in [2.75, 3.05) is 6.79 Å². The van der Waals surface area contributed by atoms with Crippen molar-refractivity contribution in [3.8, 4) is 5.75 Å². The van der Waals surface area contributed by atoms with Gasteiger partial charge in [-0.05, 0) is 24.3 Å². The van der Waals surface area contributed by atoms with E-state index in [1.165, 1.54) is 12.1 Å². The minimum Gasteiger partial charge on any atom is -0.467 e. The molecule has 0 amide bonds. The zero-order valence-corrected chi connectivity index (χ0v) is 13.9. The van der Waals surface area contributed by atoms with E-state index in [4.69, 9.17) is 49.0 Å². The molecule has 0 bridgehead atoms. The number of benzene rings is 1. The predicted octanol–water partition coefficient (Wildman–Crippen LogP) is 4.27. The van der Waals surface area contributed by atoms with Gasteiger partial charge in [0.05, 0.1) is 11.6 Å². The van der Waals surface area contributed by atoms with E-state index < -0.39 is 5.97 Å². The molecule has 1 aromatic heterocycles. The average Bonchev–Trinajstić information content (AvgIpc) is 2.54. The van der Waals surface area contributed by atoms with Gasteiger partial charge in [0.1, 0.15) is 17.5 Å². The lowest BCUT2D eigenvalue weighted by atomic mass is 10.1. The number of ether oxygens (including phenoxy) is 3. The fourth-order valence-corrected chi connectivity index (χ4v) is 2.73. The molecule has 0 saturated heterocycles. The molecule has 8 heteroatoms. The summed E-state index contributed by atoms with van der Waals surface area (Å²) in [4.78, 5) is 16.0. The second-order valence-corrected chi connectivity index (χ2v) is 5.94. The predicted molar refractivity (Wildman–Crippen MR) is 85.1 cm³/mol. The largest absolute Gasteiger partial charge is 0.467 e. The molecule has 0 aliphatic carbocycles. The molecule has 1 aliphatic heterocycles. The molecule has 1 aliphatic rings. The van der Waals surface area contributed by atoms with E-state index in [1.54, 1.807) is 12.1 Å². The number of hydrogen-bond acceptors (Lipinski definition) is 5. The highest BCUT2D eigenvalue weighted by Gasteiger charge is 2.19. The number of esters is 1. The van der Waals surface area contributed by atoms with Crippen molar-refractivity contribution in [2.24, 2.45) is 0 Å². The molecule has 1 aromatic carbocycles. The summed E-state index contributed by atoms with van der Waals surface area (Å²) in [6.45, 7) is 0.488. The SMILES string of the molecule is O=C(OCc1cc(Cl)cc2c1OCOC2)c1nc(Cl)ccc1Cl. The van der Waals surface area contributed by atoms with Gasteiger partial charge in [-0.2, -0.15) is 0 Å². The van der Waals surface area contributed by atoms with Crippen LogP contribution in [0.1, 0.15) is 21.6 Å². The van der Waals surface area contributed by atoms with Gasteiger partial charge in [-0.3, -0.25) is 0 Å². The molecule has 0 saturated carbocycles. The Kier molecular flexibility index (Phi) is 4.92. The summed E-state index contributed by atoms with van der Waals surface area (Å²) in [6.07, 6.45) is 0. The Morgan fingerprint density at radius 1 is 1.26 bits per heavy atom. The Bertz CT molecular complexity index is 767. The van der Waals surface area contributed by atoms with Crippen molar-refractivity contribution in [2.45, 2.75) is 13.2 Å². The quantitative estimate of drug-likeness (QED) is 0.593. The van der Waals surface area contributed by atoms with Crippen LogP contribution < -0.4 is 4.74 Å². The van der Waals surface area contributed by atoms with Crippen LogP contribution >= 0.6 is 34.8 Å². The standard InChI is InChI=1S/C15H10Cl3NO4/c16-10-3-8-5-21-7-23-14(8)9(4-10)6-22-15(20)13-11(17)1-2-12(18)19-13/h1-4H,5-7H2. The highest BCUT2D eigenvalue weighted by atomic mass is 35.5. The van der Waals surface area contributed by atoms with Crippen LogP contribution in [0.15, 0.2) is 24.3 Å². The average molecular weight is 375 g/mol. The van der Waals surface area contributed by atoms with E-state index in [0.717, 1.165) is 5.56 Å². The van der Waals surface area contributed by atoms with Crippen molar-refractivity contribution in [3.05, 3.63) is 56.3 Å². The van der Waals surface area contributed by atoms with E-state index in [2.05, 4.69) is 4.98 Å². The minimum absolute atomic E-state index is 0.0355. The maximum atomic E-state index is 12.1. The molecule has 0 N–H and O–H groups in total. The molecule has 23 heavy (non-hydrogen) atoms. The molecule has 5 nitrogen and oxygen atoms in total. The van der Waals surface area contributed by atoms with Gasteiger partial charge < -0.3 is 14.2 Å². The summed E-state index contributed by atoms with van der Waals surface area (Å²) >= 11 is 17.8. The third-order valence-corrected chi connectivity index (χ3v) is 3.85. The van der Waals surface area contributed by atoms with Crippen molar-refractivity contribution >= 4 is 40.8 Å². The smallest absolute Gasteiger partial charge is 0.358 e. The maximum absolute atomic E-state index is 12.1. The van der Waals surface area contributed by atoms with Gasteiger partial charge in [0.15, 0.2) is 12.5 Å².